The van der Waals surface area contributed by atoms with Crippen molar-refractivity contribution >= 4 is 63.6 Å². The summed E-state index contributed by atoms with van der Waals surface area (Å²) >= 11 is 12.7. The number of carbonyl (C=O) groups is 1. The SMILES string of the molecule is COc1cc(NC(=S)Nc2ccc(NC(=O)c3csnn3)cn2)c(Cl)c(OC)c1. The molecule has 0 saturated carbocycles. The zero-order valence-corrected chi connectivity index (χ0v) is 17.6. The third-order valence-electron chi connectivity index (χ3n) is 3.57. The number of ether oxygens (including phenoxy) is 2. The molecule has 3 N–H and O–H groups in total. The Morgan fingerprint density at radius 2 is 2.00 bits per heavy atom. The molecule has 0 aliphatic rings. The van der Waals surface area contributed by atoms with Gasteiger partial charge in [-0.1, -0.05) is 16.1 Å². The average molecular weight is 451 g/mol. The fraction of sp³-hybridized carbons (Fsp3) is 0.118. The zero-order valence-electron chi connectivity index (χ0n) is 15.2. The van der Waals surface area contributed by atoms with Crippen LogP contribution in [0.1, 0.15) is 10.5 Å². The highest BCUT2D eigenvalue weighted by Gasteiger charge is 2.12. The van der Waals surface area contributed by atoms with Gasteiger partial charge < -0.3 is 25.4 Å². The molecule has 0 unspecified atom stereocenters. The summed E-state index contributed by atoms with van der Waals surface area (Å²) in [5.41, 5.74) is 1.27. The molecule has 3 aromatic rings. The molecule has 0 radical (unpaired) electrons. The van der Waals surface area contributed by atoms with Crippen LogP contribution < -0.4 is 25.4 Å². The van der Waals surface area contributed by atoms with Crippen LogP contribution in [0.5, 0.6) is 11.5 Å². The molecule has 0 aliphatic heterocycles. The first kappa shape index (κ1) is 20.7. The van der Waals surface area contributed by atoms with Gasteiger partial charge in [-0.05, 0) is 35.9 Å². The number of nitrogens with one attached hydrogen (secondary N) is 3. The highest BCUT2D eigenvalue weighted by Crippen LogP contribution is 2.36. The number of methoxy groups -OCH3 is 2. The normalized spacial score (nSPS) is 10.2. The Balaban J connectivity index is 1.63. The van der Waals surface area contributed by atoms with Crippen molar-refractivity contribution in [2.75, 3.05) is 30.2 Å². The summed E-state index contributed by atoms with van der Waals surface area (Å²) in [6, 6.07) is 6.70. The van der Waals surface area contributed by atoms with Crippen LogP contribution in [0, 0.1) is 0 Å². The summed E-state index contributed by atoms with van der Waals surface area (Å²) in [5, 5.41) is 14.5. The Bertz CT molecular complexity index is 1010. The minimum Gasteiger partial charge on any atom is -0.497 e. The highest BCUT2D eigenvalue weighted by atomic mass is 35.5. The van der Waals surface area contributed by atoms with Crippen molar-refractivity contribution < 1.29 is 14.3 Å². The first-order valence-electron chi connectivity index (χ1n) is 8.04. The van der Waals surface area contributed by atoms with Gasteiger partial charge in [-0.3, -0.25) is 4.79 Å². The predicted molar refractivity (Wildman–Crippen MR) is 116 cm³/mol. The predicted octanol–water partition coefficient (Wildman–Crippen LogP) is 3.66. The van der Waals surface area contributed by atoms with Gasteiger partial charge in [-0.15, -0.1) is 5.10 Å². The number of thiocarbonyl (C=S) groups is 1. The van der Waals surface area contributed by atoms with E-state index < -0.39 is 0 Å². The molecule has 0 spiro atoms. The molecular weight excluding hydrogens is 436 g/mol. The van der Waals surface area contributed by atoms with Crippen LogP contribution in [-0.2, 0) is 0 Å². The molecule has 12 heteroatoms. The van der Waals surface area contributed by atoms with E-state index in [1.54, 1.807) is 29.6 Å². The van der Waals surface area contributed by atoms with Gasteiger partial charge >= 0.3 is 0 Å². The smallest absolute Gasteiger partial charge is 0.277 e. The van der Waals surface area contributed by atoms with Crippen LogP contribution in [0.2, 0.25) is 5.02 Å². The summed E-state index contributed by atoms with van der Waals surface area (Å²) in [5.74, 6) is 1.12. The number of carbonyl (C=O) groups excluding carboxylic acids is 1. The standard InChI is InChI=1S/C17H15ClN6O3S2/c1-26-10-5-11(15(18)13(6-10)27-2)21-17(28)22-14-4-3-9(7-19-14)20-16(25)12-8-29-24-23-12/h3-8H,1-2H3,(H,20,25)(H2,19,21,22,28). The van der Waals surface area contributed by atoms with Crippen molar-refractivity contribution in [3.63, 3.8) is 0 Å². The van der Waals surface area contributed by atoms with E-state index in [4.69, 9.17) is 33.3 Å². The quantitative estimate of drug-likeness (QED) is 0.484. The number of amides is 1. The fourth-order valence-corrected chi connectivity index (χ4v) is 3.08. The van der Waals surface area contributed by atoms with E-state index in [1.165, 1.54) is 20.4 Å². The lowest BCUT2D eigenvalue weighted by Crippen LogP contribution is -2.20. The van der Waals surface area contributed by atoms with Gasteiger partial charge in [0.05, 0.1) is 31.8 Å². The average Bonchev–Trinajstić information content (AvgIpc) is 3.26. The molecule has 2 aromatic heterocycles. The molecule has 9 nitrogen and oxygen atoms in total. The third-order valence-corrected chi connectivity index (χ3v) is 4.67. The number of hydrogen-bond donors (Lipinski definition) is 3. The highest BCUT2D eigenvalue weighted by molar-refractivity contribution is 7.80. The van der Waals surface area contributed by atoms with Gasteiger partial charge in [-0.2, -0.15) is 0 Å². The number of halogens is 1. The van der Waals surface area contributed by atoms with Crippen LogP contribution in [0.4, 0.5) is 17.2 Å². The number of pyridine rings is 1. The minimum atomic E-state index is -0.361. The monoisotopic (exact) mass is 450 g/mol. The van der Waals surface area contributed by atoms with Gasteiger partial charge in [0.2, 0.25) is 0 Å². The van der Waals surface area contributed by atoms with E-state index in [9.17, 15) is 4.79 Å². The van der Waals surface area contributed by atoms with Crippen LogP contribution >= 0.6 is 35.4 Å². The maximum absolute atomic E-state index is 12.0. The topological polar surface area (TPSA) is 110 Å². The van der Waals surface area contributed by atoms with Gasteiger partial charge in [0.1, 0.15) is 22.3 Å². The van der Waals surface area contributed by atoms with Gasteiger partial charge in [0.15, 0.2) is 10.8 Å². The third kappa shape index (κ3) is 5.28. The Hall–Kier alpha value is -3.02. The first-order chi connectivity index (χ1) is 14.0. The van der Waals surface area contributed by atoms with Crippen LogP contribution in [-0.4, -0.2) is 39.8 Å². The molecule has 0 atom stereocenters. The van der Waals surface area contributed by atoms with Crippen molar-refractivity contribution in [2.45, 2.75) is 0 Å². The van der Waals surface area contributed by atoms with E-state index >= 15 is 0 Å². The van der Waals surface area contributed by atoms with Crippen molar-refractivity contribution in [1.82, 2.24) is 14.6 Å². The van der Waals surface area contributed by atoms with Crippen LogP contribution in [0.15, 0.2) is 35.8 Å². The Kier molecular flexibility index (Phi) is 6.75. The zero-order chi connectivity index (χ0) is 20.8. The van der Waals surface area contributed by atoms with Crippen molar-refractivity contribution in [3.8, 4) is 11.5 Å². The van der Waals surface area contributed by atoms with Crippen molar-refractivity contribution in [3.05, 3.63) is 46.6 Å². The summed E-state index contributed by atoms with van der Waals surface area (Å²) in [7, 11) is 3.05. The second kappa shape index (κ2) is 9.45. The molecule has 2 heterocycles. The number of nitrogens with zero attached hydrogens (tertiary/aromatic N) is 3. The van der Waals surface area contributed by atoms with E-state index in [1.807, 2.05) is 0 Å². The van der Waals surface area contributed by atoms with Crippen LogP contribution in [0.3, 0.4) is 0 Å². The molecule has 0 bridgehead atoms. The number of hydrogen-bond acceptors (Lipinski definition) is 8. The molecule has 0 fully saturated rings. The summed E-state index contributed by atoms with van der Waals surface area (Å²) in [6.07, 6.45) is 1.49. The Labute approximate surface area is 180 Å². The van der Waals surface area contributed by atoms with E-state index in [-0.39, 0.29) is 16.7 Å². The summed E-state index contributed by atoms with van der Waals surface area (Å²) in [6.45, 7) is 0. The molecule has 3 rings (SSSR count). The summed E-state index contributed by atoms with van der Waals surface area (Å²) in [4.78, 5) is 16.2. The second-order valence-electron chi connectivity index (χ2n) is 5.45. The fourth-order valence-electron chi connectivity index (χ4n) is 2.20. The van der Waals surface area contributed by atoms with Crippen LogP contribution in [0.25, 0.3) is 0 Å². The maximum Gasteiger partial charge on any atom is 0.277 e. The number of anilines is 3. The maximum atomic E-state index is 12.0. The van der Waals surface area contributed by atoms with Gasteiger partial charge in [0.25, 0.3) is 5.91 Å². The van der Waals surface area contributed by atoms with E-state index in [2.05, 4.69) is 30.5 Å². The van der Waals surface area contributed by atoms with Gasteiger partial charge in [-0.25, -0.2) is 4.98 Å². The van der Waals surface area contributed by atoms with Crippen molar-refractivity contribution in [1.29, 1.82) is 0 Å². The lowest BCUT2D eigenvalue weighted by molar-refractivity contribution is 0.102. The largest absolute Gasteiger partial charge is 0.497 e. The molecule has 0 aliphatic carbocycles. The second-order valence-corrected chi connectivity index (χ2v) is 6.84. The van der Waals surface area contributed by atoms with Gasteiger partial charge in [0, 0.05) is 17.5 Å². The molecule has 150 valence electrons. The minimum absolute atomic E-state index is 0.244. The van der Waals surface area contributed by atoms with E-state index in [0.29, 0.717) is 33.7 Å². The lowest BCUT2D eigenvalue weighted by atomic mass is 10.2. The molecular formula is C17H15ClN6O3S2. The molecule has 29 heavy (non-hydrogen) atoms. The number of aromatic nitrogens is 3. The van der Waals surface area contributed by atoms with Crippen molar-refractivity contribution in [2.24, 2.45) is 0 Å². The number of rotatable bonds is 6. The molecule has 0 saturated heterocycles. The number of benzene rings is 1. The molecule has 1 aromatic carbocycles. The van der Waals surface area contributed by atoms with E-state index in [0.717, 1.165) is 11.5 Å². The Morgan fingerprint density at radius 1 is 1.17 bits per heavy atom. The first-order valence-corrected chi connectivity index (χ1v) is 9.66. The lowest BCUT2D eigenvalue weighted by Gasteiger charge is -2.15. The Morgan fingerprint density at radius 3 is 2.62 bits per heavy atom. The molecule has 1 amide bonds. The summed E-state index contributed by atoms with van der Waals surface area (Å²) < 4.78 is 14.1.